The third-order valence-electron chi connectivity index (χ3n) is 1.10. The summed E-state index contributed by atoms with van der Waals surface area (Å²) < 4.78 is 0. The average Bonchev–Trinajstić information content (AvgIpc) is 2.10. The van der Waals surface area contributed by atoms with Gasteiger partial charge in [0.2, 0.25) is 0 Å². The van der Waals surface area contributed by atoms with Crippen molar-refractivity contribution in [2.75, 3.05) is 6.61 Å². The van der Waals surface area contributed by atoms with Gasteiger partial charge in [-0.1, -0.05) is 25.2 Å². The Bertz CT molecular complexity index is 269. The molecule has 0 unspecified atom stereocenters. The topological polar surface area (TPSA) is 20.2 Å². The summed E-state index contributed by atoms with van der Waals surface area (Å²) in [6.45, 7) is 1.98. The zero-order valence-electron chi connectivity index (χ0n) is 7.28. The molecule has 0 amide bonds. The van der Waals surface area contributed by atoms with Crippen molar-refractivity contribution in [3.8, 4) is 35.5 Å². The van der Waals surface area contributed by atoms with Crippen LogP contribution in [-0.2, 0) is 0 Å². The van der Waals surface area contributed by atoms with Gasteiger partial charge >= 0.3 is 0 Å². The fourth-order valence-corrected chi connectivity index (χ4v) is 0.518. The second-order valence-electron chi connectivity index (χ2n) is 2.12. The molecule has 1 N–H and O–H groups in total. The summed E-state index contributed by atoms with van der Waals surface area (Å²) >= 11 is 0. The van der Waals surface area contributed by atoms with Gasteiger partial charge < -0.3 is 5.11 Å². The van der Waals surface area contributed by atoms with Crippen LogP contribution in [0.4, 0.5) is 0 Å². The molecule has 1 heteroatoms. The van der Waals surface area contributed by atoms with Gasteiger partial charge in [-0.25, -0.2) is 0 Å². The lowest BCUT2D eigenvalue weighted by atomic mass is 10.2. The van der Waals surface area contributed by atoms with Crippen molar-refractivity contribution in [2.45, 2.75) is 26.2 Å². The summed E-state index contributed by atoms with van der Waals surface area (Å²) in [4.78, 5) is 0. The van der Waals surface area contributed by atoms with E-state index < -0.39 is 0 Å². The van der Waals surface area contributed by atoms with E-state index in [2.05, 4.69) is 42.4 Å². The van der Waals surface area contributed by atoms with Crippen molar-refractivity contribution in [3.05, 3.63) is 0 Å². The molecule has 0 aromatic carbocycles. The van der Waals surface area contributed by atoms with Crippen LogP contribution in [0, 0.1) is 35.5 Å². The Morgan fingerprint density at radius 3 is 2.25 bits per heavy atom. The highest BCUT2D eigenvalue weighted by Gasteiger charge is 1.73. The van der Waals surface area contributed by atoms with Crippen LogP contribution in [0.2, 0.25) is 0 Å². The molecule has 0 saturated carbocycles. The minimum atomic E-state index is -0.141. The highest BCUT2D eigenvalue weighted by atomic mass is 16.2. The highest BCUT2D eigenvalue weighted by Crippen LogP contribution is 1.89. The van der Waals surface area contributed by atoms with E-state index in [0.29, 0.717) is 0 Å². The van der Waals surface area contributed by atoms with E-state index >= 15 is 0 Å². The van der Waals surface area contributed by atoms with Gasteiger partial charge in [0.25, 0.3) is 0 Å². The number of aliphatic hydroxyl groups excluding tert-OH is 1. The van der Waals surface area contributed by atoms with Gasteiger partial charge in [0.15, 0.2) is 0 Å². The molecule has 0 bridgehead atoms. The van der Waals surface area contributed by atoms with Crippen molar-refractivity contribution in [2.24, 2.45) is 0 Å². The largest absolute Gasteiger partial charge is 0.384 e. The Kier molecular flexibility index (Phi) is 8.55. The first kappa shape index (κ1) is 10.6. The number of aliphatic hydroxyl groups is 1. The van der Waals surface area contributed by atoms with Crippen LogP contribution >= 0.6 is 0 Å². The second-order valence-corrected chi connectivity index (χ2v) is 2.12. The first-order valence-electron chi connectivity index (χ1n) is 3.98. The quantitative estimate of drug-likeness (QED) is 0.475. The Balaban J connectivity index is 3.59. The van der Waals surface area contributed by atoms with Crippen LogP contribution in [0.15, 0.2) is 0 Å². The summed E-state index contributed by atoms with van der Waals surface area (Å²) in [6.07, 6.45) is 3.18. The van der Waals surface area contributed by atoms with Crippen molar-refractivity contribution in [1.29, 1.82) is 0 Å². The minimum Gasteiger partial charge on any atom is -0.384 e. The van der Waals surface area contributed by atoms with Crippen LogP contribution in [0.25, 0.3) is 0 Å². The summed E-state index contributed by atoms with van der Waals surface area (Å²) in [5, 5.41) is 8.26. The predicted molar refractivity (Wildman–Crippen MR) is 49.9 cm³/mol. The number of unbranched alkanes of at least 4 members (excludes halogenated alkanes) is 2. The number of rotatable bonds is 2. The van der Waals surface area contributed by atoms with E-state index in [9.17, 15) is 0 Å². The molecule has 1 nitrogen and oxygen atoms in total. The van der Waals surface area contributed by atoms with E-state index in [-0.39, 0.29) is 6.61 Å². The fraction of sp³-hybridized carbons (Fsp3) is 0.455. The molecular formula is C11H12O. The van der Waals surface area contributed by atoms with E-state index in [4.69, 9.17) is 5.11 Å². The molecule has 0 aromatic rings. The van der Waals surface area contributed by atoms with E-state index in [1.165, 1.54) is 0 Å². The molecule has 0 aliphatic carbocycles. The van der Waals surface area contributed by atoms with Gasteiger partial charge in [-0.2, -0.15) is 0 Å². The first-order chi connectivity index (χ1) is 5.91. The standard InChI is InChI=1S/C11H12O/c1-2-3-4-5-6-7-8-9-10-11-12/h12H,2-4,11H2,1H3. The van der Waals surface area contributed by atoms with Gasteiger partial charge in [-0.3, -0.25) is 0 Å². The maximum Gasteiger partial charge on any atom is 0.105 e. The molecular weight excluding hydrogens is 148 g/mol. The highest BCUT2D eigenvalue weighted by molar-refractivity contribution is 5.35. The molecule has 0 radical (unpaired) electrons. The molecule has 0 spiro atoms. The maximum atomic E-state index is 8.26. The average molecular weight is 160 g/mol. The third-order valence-corrected chi connectivity index (χ3v) is 1.10. The lowest BCUT2D eigenvalue weighted by Crippen LogP contribution is -1.68. The Labute approximate surface area is 74.2 Å². The van der Waals surface area contributed by atoms with Gasteiger partial charge in [0, 0.05) is 6.42 Å². The van der Waals surface area contributed by atoms with Gasteiger partial charge in [0.05, 0.1) is 0 Å². The third kappa shape index (κ3) is 8.64. The Hall–Kier alpha value is -1.36. The zero-order chi connectivity index (χ0) is 9.07. The smallest absolute Gasteiger partial charge is 0.105 e. The summed E-state index contributed by atoms with van der Waals surface area (Å²) in [7, 11) is 0. The molecule has 0 atom stereocenters. The Morgan fingerprint density at radius 2 is 1.67 bits per heavy atom. The van der Waals surface area contributed by atoms with Crippen LogP contribution < -0.4 is 0 Å². The molecule has 12 heavy (non-hydrogen) atoms. The normalized spacial score (nSPS) is 6.50. The molecule has 0 aliphatic heterocycles. The van der Waals surface area contributed by atoms with Crippen molar-refractivity contribution in [1.82, 2.24) is 0 Å². The van der Waals surface area contributed by atoms with E-state index in [1.807, 2.05) is 0 Å². The lowest BCUT2D eigenvalue weighted by Gasteiger charge is -1.80. The first-order valence-corrected chi connectivity index (χ1v) is 3.98. The molecule has 0 aliphatic rings. The minimum absolute atomic E-state index is 0.141. The molecule has 62 valence electrons. The monoisotopic (exact) mass is 160 g/mol. The number of hydrogen-bond donors (Lipinski definition) is 1. The van der Waals surface area contributed by atoms with Gasteiger partial charge in [0.1, 0.15) is 6.61 Å². The van der Waals surface area contributed by atoms with Gasteiger partial charge in [-0.05, 0) is 30.1 Å². The summed E-state index contributed by atoms with van der Waals surface area (Å²) in [5.74, 6) is 15.6. The lowest BCUT2D eigenvalue weighted by molar-refractivity contribution is 0.350. The van der Waals surface area contributed by atoms with Crippen molar-refractivity contribution < 1.29 is 5.11 Å². The van der Waals surface area contributed by atoms with E-state index in [1.54, 1.807) is 0 Å². The molecule has 0 rings (SSSR count). The zero-order valence-corrected chi connectivity index (χ0v) is 7.28. The summed E-state index contributed by atoms with van der Waals surface area (Å²) in [5.41, 5.74) is 0. The van der Waals surface area contributed by atoms with Crippen LogP contribution in [0.5, 0.6) is 0 Å². The molecule has 0 fully saturated rings. The molecule has 0 aromatic heterocycles. The SMILES string of the molecule is CCCCC#CC#CC#CCO. The van der Waals surface area contributed by atoms with Gasteiger partial charge in [-0.15, -0.1) is 0 Å². The van der Waals surface area contributed by atoms with Crippen LogP contribution in [-0.4, -0.2) is 11.7 Å². The van der Waals surface area contributed by atoms with Crippen molar-refractivity contribution >= 4 is 0 Å². The maximum absolute atomic E-state index is 8.26. The molecule has 0 heterocycles. The van der Waals surface area contributed by atoms with E-state index in [0.717, 1.165) is 19.3 Å². The predicted octanol–water partition coefficient (Wildman–Crippen LogP) is 1.18. The molecule has 0 saturated heterocycles. The second kappa shape index (κ2) is 9.64. The van der Waals surface area contributed by atoms with Crippen molar-refractivity contribution in [3.63, 3.8) is 0 Å². The summed E-state index contributed by atoms with van der Waals surface area (Å²) in [6, 6.07) is 0. The fourth-order valence-electron chi connectivity index (χ4n) is 0.518. The van der Waals surface area contributed by atoms with Crippen LogP contribution in [0.3, 0.4) is 0 Å². The van der Waals surface area contributed by atoms with Crippen LogP contribution in [0.1, 0.15) is 26.2 Å². The Morgan fingerprint density at radius 1 is 1.00 bits per heavy atom. The number of hydrogen-bond acceptors (Lipinski definition) is 1.